The molecule has 24 heavy (non-hydrogen) atoms. The van der Waals surface area contributed by atoms with Gasteiger partial charge >= 0.3 is 0 Å². The molecular formula is C19H16ClN3O. The van der Waals surface area contributed by atoms with Crippen LogP contribution in [0.1, 0.15) is 16.1 Å². The Kier molecular flexibility index (Phi) is 5.08. The minimum atomic E-state index is -0.227. The molecule has 0 aliphatic carbocycles. The smallest absolute Gasteiger partial charge is 0.257 e. The van der Waals surface area contributed by atoms with Gasteiger partial charge in [-0.05, 0) is 48.5 Å². The highest BCUT2D eigenvalue weighted by Crippen LogP contribution is 2.18. The number of aromatic nitrogens is 1. The Morgan fingerprint density at radius 1 is 0.917 bits per heavy atom. The molecule has 0 saturated carbocycles. The molecule has 0 radical (unpaired) electrons. The quantitative estimate of drug-likeness (QED) is 0.715. The van der Waals surface area contributed by atoms with Crippen LogP contribution in [0.5, 0.6) is 0 Å². The van der Waals surface area contributed by atoms with Crippen molar-refractivity contribution in [2.24, 2.45) is 0 Å². The summed E-state index contributed by atoms with van der Waals surface area (Å²) in [7, 11) is 0. The number of hydrogen-bond donors (Lipinski definition) is 2. The summed E-state index contributed by atoms with van der Waals surface area (Å²) in [5, 5.41) is 6.56. The molecule has 120 valence electrons. The van der Waals surface area contributed by atoms with Gasteiger partial charge < -0.3 is 10.6 Å². The van der Waals surface area contributed by atoms with Crippen molar-refractivity contribution in [2.45, 2.75) is 6.54 Å². The molecule has 0 aliphatic heterocycles. The van der Waals surface area contributed by atoms with E-state index in [-0.39, 0.29) is 5.91 Å². The summed E-state index contributed by atoms with van der Waals surface area (Å²) in [5.41, 5.74) is 3.09. The third kappa shape index (κ3) is 4.12. The van der Waals surface area contributed by atoms with E-state index in [1.54, 1.807) is 30.5 Å². The lowest BCUT2D eigenvalue weighted by Crippen LogP contribution is -2.12. The summed E-state index contributed by atoms with van der Waals surface area (Å²) < 4.78 is 0. The van der Waals surface area contributed by atoms with E-state index in [4.69, 9.17) is 11.6 Å². The van der Waals surface area contributed by atoms with Gasteiger partial charge in [0.15, 0.2) is 0 Å². The highest BCUT2D eigenvalue weighted by Gasteiger charge is 2.09. The van der Waals surface area contributed by atoms with E-state index in [0.29, 0.717) is 22.8 Å². The second-order valence-electron chi connectivity index (χ2n) is 5.19. The van der Waals surface area contributed by atoms with Crippen molar-refractivity contribution in [3.8, 4) is 0 Å². The van der Waals surface area contributed by atoms with Crippen molar-refractivity contribution >= 4 is 28.9 Å². The molecule has 0 fully saturated rings. The fourth-order valence-corrected chi connectivity index (χ4v) is 2.43. The molecule has 0 saturated heterocycles. The Hall–Kier alpha value is -2.85. The number of halogens is 1. The number of nitrogens with zero attached hydrogens (tertiary/aromatic N) is 1. The second-order valence-corrected chi connectivity index (χ2v) is 5.59. The number of nitrogens with one attached hydrogen (secondary N) is 2. The van der Waals surface area contributed by atoms with Gasteiger partial charge in [0.1, 0.15) is 0 Å². The molecule has 0 spiro atoms. The SMILES string of the molecule is O=C(Nc1ccc(NCc2ccccn2)cc1)c1ccccc1Cl. The highest BCUT2D eigenvalue weighted by molar-refractivity contribution is 6.34. The maximum atomic E-state index is 12.2. The zero-order valence-corrected chi connectivity index (χ0v) is 13.6. The van der Waals surface area contributed by atoms with Gasteiger partial charge in [-0.1, -0.05) is 29.8 Å². The van der Waals surface area contributed by atoms with Gasteiger partial charge in [-0.15, -0.1) is 0 Å². The molecule has 5 heteroatoms. The van der Waals surface area contributed by atoms with Crippen molar-refractivity contribution in [3.05, 3.63) is 89.2 Å². The van der Waals surface area contributed by atoms with Gasteiger partial charge in [0.05, 0.1) is 22.8 Å². The molecule has 0 atom stereocenters. The summed E-state index contributed by atoms with van der Waals surface area (Å²) >= 11 is 6.03. The molecule has 1 heterocycles. The topological polar surface area (TPSA) is 54.0 Å². The molecule has 3 rings (SSSR count). The molecule has 4 nitrogen and oxygen atoms in total. The number of anilines is 2. The average Bonchev–Trinajstić information content (AvgIpc) is 2.62. The first-order valence-corrected chi connectivity index (χ1v) is 7.90. The number of rotatable bonds is 5. The van der Waals surface area contributed by atoms with E-state index in [2.05, 4.69) is 15.6 Å². The first kappa shape index (κ1) is 16.0. The van der Waals surface area contributed by atoms with Gasteiger partial charge in [0.2, 0.25) is 0 Å². The first-order chi connectivity index (χ1) is 11.7. The van der Waals surface area contributed by atoms with Gasteiger partial charge in [-0.2, -0.15) is 0 Å². The van der Waals surface area contributed by atoms with E-state index in [9.17, 15) is 4.79 Å². The van der Waals surface area contributed by atoms with Crippen molar-refractivity contribution in [1.82, 2.24) is 4.98 Å². The van der Waals surface area contributed by atoms with Crippen LogP contribution in [0.4, 0.5) is 11.4 Å². The van der Waals surface area contributed by atoms with Crippen LogP contribution in [0.25, 0.3) is 0 Å². The third-order valence-corrected chi connectivity index (χ3v) is 3.79. The van der Waals surface area contributed by atoms with E-state index < -0.39 is 0 Å². The number of carbonyl (C=O) groups is 1. The normalized spacial score (nSPS) is 10.2. The molecular weight excluding hydrogens is 322 g/mol. The summed E-state index contributed by atoms with van der Waals surface area (Å²) in [6.45, 7) is 0.645. The number of pyridine rings is 1. The summed E-state index contributed by atoms with van der Waals surface area (Å²) in [6, 6.07) is 20.3. The largest absolute Gasteiger partial charge is 0.379 e. The van der Waals surface area contributed by atoms with Crippen LogP contribution in [0.2, 0.25) is 5.02 Å². The highest BCUT2D eigenvalue weighted by atomic mass is 35.5. The number of hydrogen-bond acceptors (Lipinski definition) is 3. The van der Waals surface area contributed by atoms with E-state index in [1.807, 2.05) is 42.5 Å². The molecule has 0 aliphatic rings. The Labute approximate surface area is 145 Å². The fraction of sp³-hybridized carbons (Fsp3) is 0.0526. The lowest BCUT2D eigenvalue weighted by atomic mass is 10.2. The molecule has 2 aromatic carbocycles. The third-order valence-electron chi connectivity index (χ3n) is 3.46. The van der Waals surface area contributed by atoms with Crippen LogP contribution in [-0.2, 0) is 6.54 Å². The lowest BCUT2D eigenvalue weighted by molar-refractivity contribution is 0.102. The molecule has 3 aromatic rings. The molecule has 0 bridgehead atoms. The van der Waals surface area contributed by atoms with Gasteiger partial charge in [0, 0.05) is 17.6 Å². The van der Waals surface area contributed by atoms with Crippen molar-refractivity contribution < 1.29 is 4.79 Å². The van der Waals surface area contributed by atoms with Crippen LogP contribution >= 0.6 is 11.6 Å². The Bertz CT molecular complexity index is 820. The van der Waals surface area contributed by atoms with Crippen LogP contribution in [0, 0.1) is 0 Å². The number of carbonyl (C=O) groups excluding carboxylic acids is 1. The predicted octanol–water partition coefficient (Wildman–Crippen LogP) is 4.60. The van der Waals surface area contributed by atoms with Crippen LogP contribution in [0.3, 0.4) is 0 Å². The van der Waals surface area contributed by atoms with E-state index >= 15 is 0 Å². The molecule has 2 N–H and O–H groups in total. The maximum absolute atomic E-state index is 12.2. The zero-order valence-electron chi connectivity index (χ0n) is 12.9. The van der Waals surface area contributed by atoms with Gasteiger partial charge in [-0.3, -0.25) is 9.78 Å². The average molecular weight is 338 g/mol. The minimum absolute atomic E-state index is 0.227. The van der Waals surface area contributed by atoms with Crippen LogP contribution in [0.15, 0.2) is 72.9 Å². The maximum Gasteiger partial charge on any atom is 0.257 e. The molecule has 1 aromatic heterocycles. The Balaban J connectivity index is 1.60. The molecule has 0 unspecified atom stereocenters. The second kappa shape index (κ2) is 7.62. The summed E-state index contributed by atoms with van der Waals surface area (Å²) in [5.74, 6) is -0.227. The Morgan fingerprint density at radius 3 is 2.33 bits per heavy atom. The molecule has 1 amide bonds. The van der Waals surface area contributed by atoms with Gasteiger partial charge in [-0.25, -0.2) is 0 Å². The lowest BCUT2D eigenvalue weighted by Gasteiger charge is -2.09. The number of benzene rings is 2. The van der Waals surface area contributed by atoms with Crippen molar-refractivity contribution in [3.63, 3.8) is 0 Å². The Morgan fingerprint density at radius 2 is 1.62 bits per heavy atom. The fourth-order valence-electron chi connectivity index (χ4n) is 2.21. The number of amides is 1. The van der Waals surface area contributed by atoms with Crippen molar-refractivity contribution in [2.75, 3.05) is 10.6 Å². The van der Waals surface area contributed by atoms with Crippen LogP contribution in [-0.4, -0.2) is 10.9 Å². The van der Waals surface area contributed by atoms with Crippen molar-refractivity contribution in [1.29, 1.82) is 0 Å². The van der Waals surface area contributed by atoms with Gasteiger partial charge in [0.25, 0.3) is 5.91 Å². The van der Waals surface area contributed by atoms with Crippen LogP contribution < -0.4 is 10.6 Å². The summed E-state index contributed by atoms with van der Waals surface area (Å²) in [6.07, 6.45) is 1.77. The standard InChI is InChI=1S/C19H16ClN3O/c20-18-7-2-1-6-17(18)19(24)23-15-10-8-14(9-11-15)22-13-16-5-3-4-12-21-16/h1-12,22H,13H2,(H,23,24). The van der Waals surface area contributed by atoms with E-state index in [0.717, 1.165) is 11.4 Å². The summed E-state index contributed by atoms with van der Waals surface area (Å²) in [4.78, 5) is 16.5. The minimum Gasteiger partial charge on any atom is -0.379 e. The predicted molar refractivity (Wildman–Crippen MR) is 97.4 cm³/mol. The first-order valence-electron chi connectivity index (χ1n) is 7.52. The monoisotopic (exact) mass is 337 g/mol. The van der Waals surface area contributed by atoms with E-state index in [1.165, 1.54) is 0 Å². The zero-order chi connectivity index (χ0) is 16.8.